The Morgan fingerprint density at radius 1 is 1.56 bits per heavy atom. The van der Waals surface area contributed by atoms with Crippen molar-refractivity contribution in [3.8, 4) is 0 Å². The van der Waals surface area contributed by atoms with Gasteiger partial charge < -0.3 is 10.5 Å². The van der Waals surface area contributed by atoms with Gasteiger partial charge in [-0.1, -0.05) is 13.8 Å². The highest BCUT2D eigenvalue weighted by molar-refractivity contribution is 4.88. The molecular formula is C12H23N5O. The molecule has 0 saturated carbocycles. The van der Waals surface area contributed by atoms with Crippen molar-refractivity contribution in [3.63, 3.8) is 0 Å². The first kappa shape index (κ1) is 13.5. The quantitative estimate of drug-likeness (QED) is 0.805. The predicted octanol–water partition coefficient (Wildman–Crippen LogP) is 0.0936. The molecule has 1 aliphatic heterocycles. The van der Waals surface area contributed by atoms with E-state index in [1.807, 2.05) is 4.68 Å². The van der Waals surface area contributed by atoms with Gasteiger partial charge in [-0.2, -0.15) is 5.10 Å². The lowest BCUT2D eigenvalue weighted by Crippen LogP contribution is -2.49. The lowest BCUT2D eigenvalue weighted by atomic mass is 10.2. The average molecular weight is 253 g/mol. The maximum atomic E-state index is 5.78. The molecule has 6 nitrogen and oxygen atoms in total. The summed E-state index contributed by atoms with van der Waals surface area (Å²) in [7, 11) is 0. The van der Waals surface area contributed by atoms with Crippen molar-refractivity contribution in [2.24, 2.45) is 11.7 Å². The Morgan fingerprint density at radius 3 is 3.11 bits per heavy atom. The van der Waals surface area contributed by atoms with E-state index >= 15 is 0 Å². The Kier molecular flexibility index (Phi) is 4.68. The third-order valence-corrected chi connectivity index (χ3v) is 3.20. The molecule has 1 fully saturated rings. The van der Waals surface area contributed by atoms with Crippen LogP contribution in [0.3, 0.4) is 0 Å². The molecule has 1 aliphatic rings. The number of hydrogen-bond acceptors (Lipinski definition) is 5. The van der Waals surface area contributed by atoms with Crippen molar-refractivity contribution in [3.05, 3.63) is 12.2 Å². The largest absolute Gasteiger partial charge is 0.378 e. The van der Waals surface area contributed by atoms with E-state index < -0.39 is 0 Å². The highest BCUT2D eigenvalue weighted by atomic mass is 16.5. The Labute approximate surface area is 108 Å². The van der Waals surface area contributed by atoms with Gasteiger partial charge in [-0.15, -0.1) is 0 Å². The lowest BCUT2D eigenvalue weighted by molar-refractivity contribution is -0.00968. The van der Waals surface area contributed by atoms with Crippen molar-refractivity contribution >= 4 is 0 Å². The summed E-state index contributed by atoms with van der Waals surface area (Å²) in [5.41, 5.74) is 5.78. The average Bonchev–Trinajstić information content (AvgIpc) is 2.76. The van der Waals surface area contributed by atoms with Crippen LogP contribution >= 0.6 is 0 Å². The maximum absolute atomic E-state index is 5.78. The summed E-state index contributed by atoms with van der Waals surface area (Å²) in [5, 5.41) is 4.29. The molecule has 1 aromatic rings. The summed E-state index contributed by atoms with van der Waals surface area (Å²) in [6, 6.07) is 0.294. The van der Waals surface area contributed by atoms with E-state index in [0.717, 1.165) is 38.7 Å². The zero-order valence-electron chi connectivity index (χ0n) is 11.2. The SMILES string of the molecule is CC(C)Cn1ncnc1CN1CCOCC1CN. The number of aromatic nitrogens is 3. The Balaban J connectivity index is 2.01. The van der Waals surface area contributed by atoms with E-state index in [0.29, 0.717) is 18.5 Å². The van der Waals surface area contributed by atoms with Gasteiger partial charge in [-0.3, -0.25) is 4.90 Å². The molecule has 0 radical (unpaired) electrons. The fourth-order valence-corrected chi connectivity index (χ4v) is 2.21. The van der Waals surface area contributed by atoms with Crippen molar-refractivity contribution in [2.75, 3.05) is 26.3 Å². The molecule has 1 unspecified atom stereocenters. The standard InChI is InChI=1S/C12H23N5O/c1-10(2)6-17-12(14-9-15-17)7-16-3-4-18-8-11(16)5-13/h9-11H,3-8,13H2,1-2H3. The zero-order valence-corrected chi connectivity index (χ0v) is 11.2. The minimum Gasteiger partial charge on any atom is -0.378 e. The molecule has 1 saturated heterocycles. The van der Waals surface area contributed by atoms with Gasteiger partial charge in [0.05, 0.1) is 19.8 Å². The smallest absolute Gasteiger partial charge is 0.141 e. The number of morpholine rings is 1. The van der Waals surface area contributed by atoms with Crippen LogP contribution in [0, 0.1) is 5.92 Å². The van der Waals surface area contributed by atoms with Gasteiger partial charge in [0.25, 0.3) is 0 Å². The van der Waals surface area contributed by atoms with E-state index in [1.54, 1.807) is 6.33 Å². The Morgan fingerprint density at radius 2 is 2.39 bits per heavy atom. The number of rotatable bonds is 5. The Hall–Kier alpha value is -0.980. The third kappa shape index (κ3) is 3.28. The first-order valence-electron chi connectivity index (χ1n) is 6.59. The van der Waals surface area contributed by atoms with Gasteiger partial charge in [0.1, 0.15) is 12.2 Å². The summed E-state index contributed by atoms with van der Waals surface area (Å²) in [6.07, 6.45) is 1.63. The van der Waals surface area contributed by atoms with E-state index in [9.17, 15) is 0 Å². The fourth-order valence-electron chi connectivity index (χ4n) is 2.21. The first-order valence-corrected chi connectivity index (χ1v) is 6.59. The van der Waals surface area contributed by atoms with Crippen LogP contribution in [0.2, 0.25) is 0 Å². The number of nitrogens with two attached hydrogens (primary N) is 1. The highest BCUT2D eigenvalue weighted by Gasteiger charge is 2.23. The van der Waals surface area contributed by atoms with Gasteiger partial charge in [0.15, 0.2) is 0 Å². The molecule has 0 aliphatic carbocycles. The lowest BCUT2D eigenvalue weighted by Gasteiger charge is -2.34. The van der Waals surface area contributed by atoms with Crippen molar-refractivity contribution in [1.82, 2.24) is 19.7 Å². The van der Waals surface area contributed by atoms with Gasteiger partial charge in [-0.05, 0) is 5.92 Å². The van der Waals surface area contributed by atoms with E-state index in [-0.39, 0.29) is 0 Å². The van der Waals surface area contributed by atoms with Crippen LogP contribution in [0.5, 0.6) is 0 Å². The normalized spacial score (nSPS) is 21.7. The molecule has 2 N–H and O–H groups in total. The van der Waals surface area contributed by atoms with Gasteiger partial charge in [0.2, 0.25) is 0 Å². The van der Waals surface area contributed by atoms with Crippen molar-refractivity contribution in [2.45, 2.75) is 33.0 Å². The zero-order chi connectivity index (χ0) is 13.0. The van der Waals surface area contributed by atoms with Crippen LogP contribution in [0.4, 0.5) is 0 Å². The molecule has 102 valence electrons. The molecule has 18 heavy (non-hydrogen) atoms. The fraction of sp³-hybridized carbons (Fsp3) is 0.833. The summed E-state index contributed by atoms with van der Waals surface area (Å²) in [5.74, 6) is 1.59. The van der Waals surface area contributed by atoms with Crippen LogP contribution in [0.1, 0.15) is 19.7 Å². The topological polar surface area (TPSA) is 69.2 Å². The second kappa shape index (κ2) is 6.26. The van der Waals surface area contributed by atoms with Crippen LogP contribution < -0.4 is 5.73 Å². The van der Waals surface area contributed by atoms with E-state index in [4.69, 9.17) is 10.5 Å². The highest BCUT2D eigenvalue weighted by Crippen LogP contribution is 2.11. The van der Waals surface area contributed by atoms with Gasteiger partial charge >= 0.3 is 0 Å². The number of hydrogen-bond donors (Lipinski definition) is 1. The number of nitrogens with zero attached hydrogens (tertiary/aromatic N) is 4. The minimum atomic E-state index is 0.294. The monoisotopic (exact) mass is 253 g/mol. The molecule has 1 atom stereocenters. The molecule has 0 bridgehead atoms. The van der Waals surface area contributed by atoms with E-state index in [1.165, 1.54) is 0 Å². The predicted molar refractivity (Wildman–Crippen MR) is 68.9 cm³/mol. The molecular weight excluding hydrogens is 230 g/mol. The van der Waals surface area contributed by atoms with Gasteiger partial charge in [-0.25, -0.2) is 9.67 Å². The second-order valence-electron chi connectivity index (χ2n) is 5.19. The molecule has 0 spiro atoms. The van der Waals surface area contributed by atoms with Crippen LogP contribution in [-0.2, 0) is 17.8 Å². The van der Waals surface area contributed by atoms with Gasteiger partial charge in [0, 0.05) is 25.7 Å². The summed E-state index contributed by atoms with van der Waals surface area (Å²) in [4.78, 5) is 6.70. The molecule has 6 heteroatoms. The second-order valence-corrected chi connectivity index (χ2v) is 5.19. The summed E-state index contributed by atoms with van der Waals surface area (Å²) >= 11 is 0. The first-order chi connectivity index (χ1) is 8.70. The van der Waals surface area contributed by atoms with Crippen LogP contribution in [0.25, 0.3) is 0 Å². The van der Waals surface area contributed by atoms with E-state index in [2.05, 4.69) is 28.8 Å². The van der Waals surface area contributed by atoms with Crippen LogP contribution in [-0.4, -0.2) is 52.0 Å². The number of ether oxygens (including phenoxy) is 1. The molecule has 2 rings (SSSR count). The minimum absolute atomic E-state index is 0.294. The third-order valence-electron chi connectivity index (χ3n) is 3.20. The summed E-state index contributed by atoms with van der Waals surface area (Å²) in [6.45, 7) is 9.11. The van der Waals surface area contributed by atoms with Crippen molar-refractivity contribution in [1.29, 1.82) is 0 Å². The maximum Gasteiger partial charge on any atom is 0.141 e. The summed E-state index contributed by atoms with van der Waals surface area (Å²) < 4.78 is 7.45. The Bertz CT molecular complexity index is 365. The molecule has 0 amide bonds. The van der Waals surface area contributed by atoms with Crippen LogP contribution in [0.15, 0.2) is 6.33 Å². The molecule has 1 aromatic heterocycles. The van der Waals surface area contributed by atoms with Crippen molar-refractivity contribution < 1.29 is 4.74 Å². The molecule has 0 aromatic carbocycles. The molecule has 2 heterocycles.